The second kappa shape index (κ2) is 6.56. The molecule has 0 spiro atoms. The van der Waals surface area contributed by atoms with Gasteiger partial charge in [0.2, 0.25) is 0 Å². The summed E-state index contributed by atoms with van der Waals surface area (Å²) in [6, 6.07) is 2.13. The van der Waals surface area contributed by atoms with Gasteiger partial charge < -0.3 is 9.64 Å². The SMILES string of the molecule is Cc1cc(N2CCN(CCN3CCOCC3)CC2)n[nH]1. The smallest absolute Gasteiger partial charge is 0.150 e. The maximum absolute atomic E-state index is 5.38. The van der Waals surface area contributed by atoms with Crippen molar-refractivity contribution in [1.82, 2.24) is 20.0 Å². The van der Waals surface area contributed by atoms with Crippen LogP contribution in [0.1, 0.15) is 5.69 Å². The van der Waals surface area contributed by atoms with Crippen LogP contribution in [0.2, 0.25) is 0 Å². The van der Waals surface area contributed by atoms with Crippen molar-refractivity contribution < 1.29 is 4.74 Å². The molecule has 6 heteroatoms. The van der Waals surface area contributed by atoms with Crippen LogP contribution in [0.3, 0.4) is 0 Å². The Bertz CT molecular complexity index is 407. The molecule has 20 heavy (non-hydrogen) atoms. The van der Waals surface area contributed by atoms with Gasteiger partial charge in [-0.1, -0.05) is 0 Å². The van der Waals surface area contributed by atoms with Crippen molar-refractivity contribution in [2.24, 2.45) is 0 Å². The van der Waals surface area contributed by atoms with Gasteiger partial charge >= 0.3 is 0 Å². The van der Waals surface area contributed by atoms with Crippen LogP contribution in [0.25, 0.3) is 0 Å². The monoisotopic (exact) mass is 279 g/mol. The van der Waals surface area contributed by atoms with Crippen molar-refractivity contribution in [2.45, 2.75) is 6.92 Å². The summed E-state index contributed by atoms with van der Waals surface area (Å²) in [6.07, 6.45) is 0. The average Bonchev–Trinajstić information content (AvgIpc) is 2.93. The number of ether oxygens (including phenoxy) is 1. The lowest BCUT2D eigenvalue weighted by Crippen LogP contribution is -2.49. The molecule has 1 aromatic heterocycles. The molecule has 1 N–H and O–H groups in total. The Morgan fingerprint density at radius 2 is 1.70 bits per heavy atom. The molecule has 1 aromatic rings. The number of piperazine rings is 1. The van der Waals surface area contributed by atoms with Gasteiger partial charge in [0.15, 0.2) is 5.82 Å². The second-order valence-corrected chi connectivity index (χ2v) is 5.69. The van der Waals surface area contributed by atoms with Crippen LogP contribution in [0.15, 0.2) is 6.07 Å². The van der Waals surface area contributed by atoms with E-state index in [1.54, 1.807) is 0 Å². The van der Waals surface area contributed by atoms with Gasteiger partial charge in [0.05, 0.1) is 13.2 Å². The van der Waals surface area contributed by atoms with E-state index in [9.17, 15) is 0 Å². The summed E-state index contributed by atoms with van der Waals surface area (Å²) in [5, 5.41) is 7.37. The maximum Gasteiger partial charge on any atom is 0.150 e. The lowest BCUT2D eigenvalue weighted by Gasteiger charge is -2.36. The lowest BCUT2D eigenvalue weighted by molar-refractivity contribution is 0.0331. The van der Waals surface area contributed by atoms with E-state index in [2.05, 4.69) is 37.9 Å². The summed E-state index contributed by atoms with van der Waals surface area (Å²) in [5.41, 5.74) is 1.13. The summed E-state index contributed by atoms with van der Waals surface area (Å²) in [7, 11) is 0. The van der Waals surface area contributed by atoms with Crippen molar-refractivity contribution in [3.8, 4) is 0 Å². The largest absolute Gasteiger partial charge is 0.379 e. The Balaban J connectivity index is 1.39. The number of aromatic amines is 1. The van der Waals surface area contributed by atoms with E-state index in [1.165, 1.54) is 13.1 Å². The molecule has 0 bridgehead atoms. The van der Waals surface area contributed by atoms with Gasteiger partial charge in [-0.15, -0.1) is 0 Å². The summed E-state index contributed by atoms with van der Waals surface area (Å²) in [4.78, 5) is 7.44. The highest BCUT2D eigenvalue weighted by Crippen LogP contribution is 2.14. The Kier molecular flexibility index (Phi) is 4.54. The number of aromatic nitrogens is 2. The van der Waals surface area contributed by atoms with Crippen LogP contribution >= 0.6 is 0 Å². The molecule has 0 saturated carbocycles. The van der Waals surface area contributed by atoms with Crippen molar-refractivity contribution in [1.29, 1.82) is 0 Å². The highest BCUT2D eigenvalue weighted by Gasteiger charge is 2.19. The zero-order chi connectivity index (χ0) is 13.8. The molecule has 0 atom stereocenters. The minimum Gasteiger partial charge on any atom is -0.379 e. The van der Waals surface area contributed by atoms with Gasteiger partial charge in [-0.3, -0.25) is 14.9 Å². The number of morpholine rings is 1. The van der Waals surface area contributed by atoms with Crippen LogP contribution in [-0.2, 0) is 4.74 Å². The number of hydrogen-bond acceptors (Lipinski definition) is 5. The molecule has 2 aliphatic rings. The Morgan fingerprint density at radius 1 is 1.05 bits per heavy atom. The van der Waals surface area contributed by atoms with Crippen LogP contribution in [0.4, 0.5) is 5.82 Å². The van der Waals surface area contributed by atoms with Crippen LogP contribution in [0, 0.1) is 6.92 Å². The predicted octanol–water partition coefficient (Wildman–Crippen LogP) is 0.172. The zero-order valence-corrected chi connectivity index (χ0v) is 12.3. The standard InChI is InChI=1S/C14H25N5O/c1-13-12-14(16-15-13)19-6-4-17(5-7-19)2-3-18-8-10-20-11-9-18/h12H,2-11H2,1H3,(H,15,16). The molecule has 2 saturated heterocycles. The van der Waals surface area contributed by atoms with E-state index in [1.807, 2.05) is 0 Å². The molecular weight excluding hydrogens is 254 g/mol. The molecule has 0 aromatic carbocycles. The van der Waals surface area contributed by atoms with E-state index in [4.69, 9.17) is 4.74 Å². The molecule has 6 nitrogen and oxygen atoms in total. The number of nitrogens with one attached hydrogen (secondary N) is 1. The molecule has 2 aliphatic heterocycles. The van der Waals surface area contributed by atoms with E-state index < -0.39 is 0 Å². The lowest BCUT2D eigenvalue weighted by atomic mass is 10.3. The fourth-order valence-corrected chi connectivity index (χ4v) is 2.87. The first-order valence-corrected chi connectivity index (χ1v) is 7.61. The molecule has 0 unspecified atom stereocenters. The molecular formula is C14H25N5O. The van der Waals surface area contributed by atoms with Gasteiger partial charge in [0.25, 0.3) is 0 Å². The average molecular weight is 279 g/mol. The quantitative estimate of drug-likeness (QED) is 0.851. The first kappa shape index (κ1) is 13.9. The summed E-state index contributed by atoms with van der Waals surface area (Å²) < 4.78 is 5.38. The number of hydrogen-bond donors (Lipinski definition) is 1. The van der Waals surface area contributed by atoms with Gasteiger partial charge in [-0.05, 0) is 6.92 Å². The normalized spacial score (nSPS) is 22.4. The molecule has 0 amide bonds. The number of H-pyrrole nitrogens is 1. The number of rotatable bonds is 4. The summed E-state index contributed by atoms with van der Waals surface area (Å²) in [5.74, 6) is 1.09. The molecule has 112 valence electrons. The van der Waals surface area contributed by atoms with Gasteiger partial charge in [-0.2, -0.15) is 5.10 Å². The number of nitrogens with zero attached hydrogens (tertiary/aromatic N) is 4. The van der Waals surface area contributed by atoms with E-state index >= 15 is 0 Å². The van der Waals surface area contributed by atoms with Crippen LogP contribution < -0.4 is 4.90 Å². The van der Waals surface area contributed by atoms with Crippen molar-refractivity contribution in [3.05, 3.63) is 11.8 Å². The summed E-state index contributed by atoms with van der Waals surface area (Å²) >= 11 is 0. The summed E-state index contributed by atoms with van der Waals surface area (Å²) in [6.45, 7) is 12.8. The predicted molar refractivity (Wildman–Crippen MR) is 79.2 cm³/mol. The minimum atomic E-state index is 0.895. The highest BCUT2D eigenvalue weighted by molar-refractivity contribution is 5.39. The Labute approximate surface area is 120 Å². The number of anilines is 1. The fourth-order valence-electron chi connectivity index (χ4n) is 2.87. The Morgan fingerprint density at radius 3 is 2.30 bits per heavy atom. The molecule has 2 fully saturated rings. The van der Waals surface area contributed by atoms with E-state index in [0.29, 0.717) is 0 Å². The van der Waals surface area contributed by atoms with Gasteiger partial charge in [0, 0.05) is 64.1 Å². The van der Waals surface area contributed by atoms with Crippen molar-refractivity contribution in [2.75, 3.05) is 70.5 Å². The highest BCUT2D eigenvalue weighted by atomic mass is 16.5. The van der Waals surface area contributed by atoms with E-state index in [-0.39, 0.29) is 0 Å². The third-order valence-electron chi connectivity index (χ3n) is 4.22. The molecule has 0 aliphatic carbocycles. The zero-order valence-electron chi connectivity index (χ0n) is 12.3. The topological polar surface area (TPSA) is 47.6 Å². The van der Waals surface area contributed by atoms with Crippen LogP contribution in [0.5, 0.6) is 0 Å². The maximum atomic E-state index is 5.38. The molecule has 3 rings (SSSR count). The molecule has 3 heterocycles. The van der Waals surface area contributed by atoms with E-state index in [0.717, 1.165) is 64.0 Å². The second-order valence-electron chi connectivity index (χ2n) is 5.69. The number of aryl methyl sites for hydroxylation is 1. The van der Waals surface area contributed by atoms with Crippen LogP contribution in [-0.4, -0.2) is 85.6 Å². The van der Waals surface area contributed by atoms with Crippen molar-refractivity contribution in [3.63, 3.8) is 0 Å². The third kappa shape index (κ3) is 3.50. The molecule has 0 radical (unpaired) electrons. The first-order valence-electron chi connectivity index (χ1n) is 7.61. The Hall–Kier alpha value is -1.11. The van der Waals surface area contributed by atoms with Gasteiger partial charge in [0.1, 0.15) is 0 Å². The fraction of sp³-hybridized carbons (Fsp3) is 0.786. The van der Waals surface area contributed by atoms with Gasteiger partial charge in [-0.25, -0.2) is 0 Å². The van der Waals surface area contributed by atoms with Crippen molar-refractivity contribution >= 4 is 5.82 Å². The third-order valence-corrected chi connectivity index (χ3v) is 4.22. The first-order chi connectivity index (χ1) is 9.81. The minimum absolute atomic E-state index is 0.895.